The van der Waals surface area contributed by atoms with Gasteiger partial charge in [-0.25, -0.2) is 4.98 Å². The number of nitrogens with one attached hydrogen (secondary N) is 2. The fourth-order valence-corrected chi connectivity index (χ4v) is 3.02. The van der Waals surface area contributed by atoms with Gasteiger partial charge in [-0.3, -0.25) is 4.79 Å². The molecule has 1 aliphatic rings. The third kappa shape index (κ3) is 3.68. The zero-order chi connectivity index (χ0) is 16.1. The molecule has 2 N–H and O–H groups in total. The summed E-state index contributed by atoms with van der Waals surface area (Å²) in [6, 6.07) is 11.7. The molecule has 0 atom stereocenters. The molecule has 1 aromatic carbocycles. The number of pyridine rings is 1. The maximum absolute atomic E-state index is 12.7. The van der Waals surface area contributed by atoms with Crippen LogP contribution in [0.4, 0.5) is 0 Å². The maximum atomic E-state index is 12.7. The summed E-state index contributed by atoms with van der Waals surface area (Å²) < 4.78 is 5.30. The lowest BCUT2D eigenvalue weighted by Crippen LogP contribution is -3.13. The number of amides is 1. The molecular weight excluding hydrogens is 290 g/mol. The van der Waals surface area contributed by atoms with E-state index in [2.05, 4.69) is 17.1 Å². The summed E-state index contributed by atoms with van der Waals surface area (Å²) in [6.45, 7) is 4.51. The molecule has 5 nitrogen and oxygen atoms in total. The third-order valence-electron chi connectivity index (χ3n) is 4.34. The zero-order valence-electron chi connectivity index (χ0n) is 13.4. The summed E-state index contributed by atoms with van der Waals surface area (Å²) in [5, 5.41) is 0. The summed E-state index contributed by atoms with van der Waals surface area (Å²) in [7, 11) is 1.60. The minimum Gasteiger partial charge on any atom is -0.496 e. The number of rotatable bonds is 4. The third-order valence-corrected chi connectivity index (χ3v) is 4.34. The molecule has 0 bridgehead atoms. The summed E-state index contributed by atoms with van der Waals surface area (Å²) in [5.74, 6) is 0.712. The summed E-state index contributed by atoms with van der Waals surface area (Å²) in [6.07, 6.45) is 3.91. The van der Waals surface area contributed by atoms with E-state index < -0.39 is 0 Å². The highest BCUT2D eigenvalue weighted by molar-refractivity contribution is 5.97. The van der Waals surface area contributed by atoms with Crippen LogP contribution < -0.4 is 14.6 Å². The SMILES string of the molecule is COc1ccccc1C(=O)N1CC[NH+](Cc2cc[nH+]cc2)CC1. The molecular formula is C18H23N3O2+2. The monoisotopic (exact) mass is 313 g/mol. The van der Waals surface area contributed by atoms with Crippen LogP contribution in [0.3, 0.4) is 0 Å². The Morgan fingerprint density at radius 2 is 1.87 bits per heavy atom. The first-order valence-corrected chi connectivity index (χ1v) is 7.99. The van der Waals surface area contributed by atoms with Gasteiger partial charge in [-0.05, 0) is 12.1 Å². The number of piperazine rings is 1. The molecule has 0 unspecified atom stereocenters. The number of hydrogen-bond acceptors (Lipinski definition) is 2. The van der Waals surface area contributed by atoms with Gasteiger partial charge in [0.25, 0.3) is 5.91 Å². The molecule has 0 saturated carbocycles. The molecule has 2 heterocycles. The van der Waals surface area contributed by atoms with Gasteiger partial charge in [-0.2, -0.15) is 0 Å². The molecule has 3 rings (SSSR count). The number of ether oxygens (including phenoxy) is 1. The first kappa shape index (κ1) is 15.5. The van der Waals surface area contributed by atoms with Crippen LogP contribution in [0.15, 0.2) is 48.8 Å². The average molecular weight is 313 g/mol. The Kier molecular flexibility index (Phi) is 4.88. The number of aromatic amines is 1. The highest BCUT2D eigenvalue weighted by atomic mass is 16.5. The predicted molar refractivity (Wildman–Crippen MR) is 86.3 cm³/mol. The van der Waals surface area contributed by atoms with Crippen molar-refractivity contribution in [1.82, 2.24) is 4.90 Å². The van der Waals surface area contributed by atoms with Crippen molar-refractivity contribution >= 4 is 5.91 Å². The lowest BCUT2D eigenvalue weighted by molar-refractivity contribution is -0.917. The number of quaternary nitrogens is 1. The Morgan fingerprint density at radius 3 is 2.57 bits per heavy atom. The zero-order valence-corrected chi connectivity index (χ0v) is 13.4. The van der Waals surface area contributed by atoms with E-state index in [9.17, 15) is 4.79 Å². The fourth-order valence-electron chi connectivity index (χ4n) is 3.02. The van der Waals surface area contributed by atoms with Crippen LogP contribution in [-0.4, -0.2) is 44.1 Å². The number of aromatic nitrogens is 1. The van der Waals surface area contributed by atoms with Gasteiger partial charge in [0.15, 0.2) is 12.4 Å². The summed E-state index contributed by atoms with van der Waals surface area (Å²) >= 11 is 0. The molecule has 1 saturated heterocycles. The topological polar surface area (TPSA) is 48.1 Å². The van der Waals surface area contributed by atoms with Gasteiger partial charge in [0.1, 0.15) is 12.3 Å². The molecule has 23 heavy (non-hydrogen) atoms. The van der Waals surface area contributed by atoms with Crippen molar-refractivity contribution in [3.63, 3.8) is 0 Å². The van der Waals surface area contributed by atoms with Crippen molar-refractivity contribution < 1.29 is 19.4 Å². The number of methoxy groups -OCH3 is 1. The number of benzene rings is 1. The van der Waals surface area contributed by atoms with Gasteiger partial charge in [0.05, 0.1) is 38.9 Å². The van der Waals surface area contributed by atoms with Gasteiger partial charge in [0.2, 0.25) is 0 Å². The van der Waals surface area contributed by atoms with Crippen LogP contribution in [0.25, 0.3) is 0 Å². The number of carbonyl (C=O) groups is 1. The summed E-state index contributed by atoms with van der Waals surface area (Å²) in [5.41, 5.74) is 1.97. The van der Waals surface area contributed by atoms with Gasteiger partial charge >= 0.3 is 0 Å². The molecule has 1 aromatic heterocycles. The number of carbonyl (C=O) groups excluding carboxylic acids is 1. The van der Waals surface area contributed by atoms with E-state index >= 15 is 0 Å². The van der Waals surface area contributed by atoms with Gasteiger partial charge in [-0.1, -0.05) is 12.1 Å². The fraction of sp³-hybridized carbons (Fsp3) is 0.333. The van der Waals surface area contributed by atoms with Crippen molar-refractivity contribution in [2.75, 3.05) is 33.3 Å². The number of H-pyrrole nitrogens is 1. The molecule has 0 aliphatic carbocycles. The van der Waals surface area contributed by atoms with Crippen molar-refractivity contribution in [2.24, 2.45) is 0 Å². The predicted octanol–water partition coefficient (Wildman–Crippen LogP) is 0.0502. The number of para-hydroxylation sites is 1. The lowest BCUT2D eigenvalue weighted by atomic mass is 10.1. The molecule has 1 aliphatic heterocycles. The van der Waals surface area contributed by atoms with Crippen LogP contribution in [0.1, 0.15) is 15.9 Å². The minimum atomic E-state index is 0.0656. The molecule has 0 radical (unpaired) electrons. The first-order chi connectivity index (χ1) is 11.3. The van der Waals surface area contributed by atoms with Crippen molar-refractivity contribution in [1.29, 1.82) is 0 Å². The Morgan fingerprint density at radius 1 is 1.17 bits per heavy atom. The van der Waals surface area contributed by atoms with Crippen LogP contribution in [0.5, 0.6) is 5.75 Å². The van der Waals surface area contributed by atoms with Crippen LogP contribution in [0.2, 0.25) is 0 Å². The molecule has 120 valence electrons. The number of nitrogens with zero attached hydrogens (tertiary/aromatic N) is 1. The second kappa shape index (κ2) is 7.24. The van der Waals surface area contributed by atoms with Crippen molar-refractivity contribution in [3.8, 4) is 5.75 Å². The van der Waals surface area contributed by atoms with Crippen LogP contribution >= 0.6 is 0 Å². The van der Waals surface area contributed by atoms with Gasteiger partial charge < -0.3 is 14.5 Å². The van der Waals surface area contributed by atoms with E-state index in [1.165, 1.54) is 10.5 Å². The highest BCUT2D eigenvalue weighted by Crippen LogP contribution is 2.19. The van der Waals surface area contributed by atoms with E-state index in [-0.39, 0.29) is 5.91 Å². The molecule has 0 spiro atoms. The van der Waals surface area contributed by atoms with E-state index in [1.54, 1.807) is 7.11 Å². The maximum Gasteiger partial charge on any atom is 0.258 e. The largest absolute Gasteiger partial charge is 0.496 e. The highest BCUT2D eigenvalue weighted by Gasteiger charge is 2.26. The van der Waals surface area contributed by atoms with Crippen LogP contribution in [-0.2, 0) is 6.54 Å². The Labute approximate surface area is 136 Å². The Hall–Kier alpha value is -2.40. The smallest absolute Gasteiger partial charge is 0.258 e. The summed E-state index contributed by atoms with van der Waals surface area (Å²) in [4.78, 5) is 19.2. The molecule has 1 fully saturated rings. The normalized spacial score (nSPS) is 15.4. The van der Waals surface area contributed by atoms with Crippen molar-refractivity contribution in [2.45, 2.75) is 6.54 Å². The van der Waals surface area contributed by atoms with Crippen molar-refractivity contribution in [3.05, 3.63) is 59.9 Å². The molecule has 1 amide bonds. The standard InChI is InChI=1S/C18H21N3O2/c1-23-17-5-3-2-4-16(17)18(22)21-12-10-20(11-13-21)14-15-6-8-19-9-7-15/h2-9H,10-14H2,1H3/p+2. The van der Waals surface area contributed by atoms with E-state index in [0.29, 0.717) is 11.3 Å². The quantitative estimate of drug-likeness (QED) is 0.867. The molecule has 2 aromatic rings. The number of hydrogen-bond donors (Lipinski definition) is 1. The van der Waals surface area contributed by atoms with E-state index in [4.69, 9.17) is 4.74 Å². The Balaban J connectivity index is 1.59. The van der Waals surface area contributed by atoms with Gasteiger partial charge in [-0.15, -0.1) is 0 Å². The Bertz CT molecular complexity index is 652. The average Bonchev–Trinajstić information content (AvgIpc) is 2.62. The van der Waals surface area contributed by atoms with Crippen LogP contribution in [0, 0.1) is 0 Å². The second-order valence-electron chi connectivity index (χ2n) is 5.83. The first-order valence-electron chi connectivity index (χ1n) is 7.99. The lowest BCUT2D eigenvalue weighted by Gasteiger charge is -2.32. The second-order valence-corrected chi connectivity index (χ2v) is 5.83. The van der Waals surface area contributed by atoms with Gasteiger partial charge in [0, 0.05) is 17.7 Å². The minimum absolute atomic E-state index is 0.0656. The van der Waals surface area contributed by atoms with E-state index in [1.807, 2.05) is 41.6 Å². The molecule has 5 heteroatoms. The van der Waals surface area contributed by atoms with E-state index in [0.717, 1.165) is 32.7 Å².